The third kappa shape index (κ3) is 7.73. The standard InChI is InChI=1S/C27H29ClN2O5/c1-34-22-13-11-21(12-14-22)18-30(26(32)19-35-25-10-6-5-9-23(25)28)24(27(33)29-15-16-31)17-20-7-3-2-4-8-20/h2-14,24,31H,15-19H2,1H3,(H,29,33). The molecule has 0 spiro atoms. The number of halogens is 1. The molecule has 0 aliphatic rings. The summed E-state index contributed by atoms with van der Waals surface area (Å²) in [6.07, 6.45) is 0.298. The fraction of sp³-hybridized carbons (Fsp3) is 0.259. The van der Waals surface area contributed by atoms with E-state index in [2.05, 4.69) is 5.32 Å². The van der Waals surface area contributed by atoms with Crippen LogP contribution in [0.2, 0.25) is 5.02 Å². The maximum absolute atomic E-state index is 13.5. The molecule has 0 radical (unpaired) electrons. The second-order valence-electron chi connectivity index (χ2n) is 7.81. The smallest absolute Gasteiger partial charge is 0.261 e. The van der Waals surface area contributed by atoms with Crippen LogP contribution in [0.3, 0.4) is 0 Å². The Balaban J connectivity index is 1.89. The molecule has 2 N–H and O–H groups in total. The van der Waals surface area contributed by atoms with Crippen LogP contribution >= 0.6 is 11.6 Å². The van der Waals surface area contributed by atoms with Crippen molar-refractivity contribution >= 4 is 23.4 Å². The molecule has 3 aromatic rings. The summed E-state index contributed by atoms with van der Waals surface area (Å²) in [7, 11) is 1.58. The maximum Gasteiger partial charge on any atom is 0.261 e. The zero-order valence-electron chi connectivity index (χ0n) is 19.5. The van der Waals surface area contributed by atoms with Gasteiger partial charge in [0.05, 0.1) is 18.7 Å². The second kappa shape index (κ2) is 13.4. The fourth-order valence-electron chi connectivity index (χ4n) is 3.56. The average Bonchev–Trinajstić information content (AvgIpc) is 2.89. The molecule has 8 heteroatoms. The topological polar surface area (TPSA) is 88.1 Å². The Bertz CT molecular complexity index is 1090. The zero-order chi connectivity index (χ0) is 25.0. The molecule has 0 saturated heterocycles. The van der Waals surface area contributed by atoms with Crippen LogP contribution in [0.1, 0.15) is 11.1 Å². The van der Waals surface area contributed by atoms with Gasteiger partial charge in [0.2, 0.25) is 5.91 Å². The number of nitrogens with zero attached hydrogens (tertiary/aromatic N) is 1. The summed E-state index contributed by atoms with van der Waals surface area (Å²) >= 11 is 6.17. The van der Waals surface area contributed by atoms with Crippen molar-refractivity contribution in [1.29, 1.82) is 0 Å². The number of para-hydroxylation sites is 1. The molecule has 0 heterocycles. The van der Waals surface area contributed by atoms with Gasteiger partial charge in [0.1, 0.15) is 17.5 Å². The molecule has 1 unspecified atom stereocenters. The molecule has 0 aliphatic carbocycles. The molecule has 0 fully saturated rings. The van der Waals surface area contributed by atoms with Crippen molar-refractivity contribution < 1.29 is 24.2 Å². The number of carbonyl (C=O) groups excluding carboxylic acids is 2. The Morgan fingerprint density at radius 2 is 1.66 bits per heavy atom. The summed E-state index contributed by atoms with van der Waals surface area (Å²) < 4.78 is 10.9. The van der Waals surface area contributed by atoms with E-state index in [1.54, 1.807) is 43.5 Å². The second-order valence-corrected chi connectivity index (χ2v) is 8.22. The fourth-order valence-corrected chi connectivity index (χ4v) is 3.75. The van der Waals surface area contributed by atoms with Gasteiger partial charge < -0.3 is 24.8 Å². The summed E-state index contributed by atoms with van der Waals surface area (Å²) in [6.45, 7) is -0.228. The molecule has 0 aromatic heterocycles. The number of carbonyl (C=O) groups is 2. The van der Waals surface area contributed by atoms with Gasteiger partial charge in [0.25, 0.3) is 5.91 Å². The SMILES string of the molecule is COc1ccc(CN(C(=O)COc2ccccc2Cl)C(Cc2ccccc2)C(=O)NCCO)cc1. The van der Waals surface area contributed by atoms with E-state index in [1.165, 1.54) is 4.90 Å². The van der Waals surface area contributed by atoms with Crippen LogP contribution in [-0.2, 0) is 22.6 Å². The van der Waals surface area contributed by atoms with Crippen molar-refractivity contribution in [3.05, 3.63) is 95.0 Å². The predicted molar refractivity (Wildman–Crippen MR) is 135 cm³/mol. The molecule has 35 heavy (non-hydrogen) atoms. The minimum Gasteiger partial charge on any atom is -0.497 e. The number of methoxy groups -OCH3 is 1. The van der Waals surface area contributed by atoms with Crippen molar-refractivity contribution in [1.82, 2.24) is 10.2 Å². The van der Waals surface area contributed by atoms with Crippen molar-refractivity contribution in [3.8, 4) is 11.5 Å². The highest BCUT2D eigenvalue weighted by atomic mass is 35.5. The highest BCUT2D eigenvalue weighted by Crippen LogP contribution is 2.24. The molecule has 0 bridgehead atoms. The van der Waals surface area contributed by atoms with Crippen molar-refractivity contribution in [2.75, 3.05) is 26.9 Å². The summed E-state index contributed by atoms with van der Waals surface area (Å²) in [4.78, 5) is 28.1. The quantitative estimate of drug-likeness (QED) is 0.401. The Labute approximate surface area is 210 Å². The number of aliphatic hydroxyl groups is 1. The number of aliphatic hydroxyl groups excluding tert-OH is 1. The largest absolute Gasteiger partial charge is 0.497 e. The number of hydrogen-bond donors (Lipinski definition) is 2. The van der Waals surface area contributed by atoms with E-state index in [1.807, 2.05) is 42.5 Å². The number of amides is 2. The van der Waals surface area contributed by atoms with Gasteiger partial charge >= 0.3 is 0 Å². The molecule has 1 atom stereocenters. The number of benzene rings is 3. The van der Waals surface area contributed by atoms with Crippen LogP contribution in [0.15, 0.2) is 78.9 Å². The van der Waals surface area contributed by atoms with Crippen LogP contribution in [0, 0.1) is 0 Å². The van der Waals surface area contributed by atoms with Gasteiger partial charge in [0.15, 0.2) is 6.61 Å². The molecule has 2 amide bonds. The van der Waals surface area contributed by atoms with E-state index in [-0.39, 0.29) is 38.1 Å². The van der Waals surface area contributed by atoms with E-state index < -0.39 is 6.04 Å². The summed E-state index contributed by atoms with van der Waals surface area (Å²) in [5, 5.41) is 12.3. The van der Waals surface area contributed by atoms with Crippen LogP contribution in [0.5, 0.6) is 11.5 Å². The first-order valence-electron chi connectivity index (χ1n) is 11.2. The first-order chi connectivity index (χ1) is 17.0. The third-order valence-electron chi connectivity index (χ3n) is 5.38. The Morgan fingerprint density at radius 3 is 2.31 bits per heavy atom. The van der Waals surface area contributed by atoms with Gasteiger partial charge in [-0.1, -0.05) is 66.2 Å². The van der Waals surface area contributed by atoms with Gasteiger partial charge in [-0.05, 0) is 35.4 Å². The number of ether oxygens (including phenoxy) is 2. The van der Waals surface area contributed by atoms with Crippen molar-refractivity contribution in [3.63, 3.8) is 0 Å². The molecular formula is C27H29ClN2O5. The molecule has 0 aliphatic heterocycles. The Kier molecular flexibility index (Phi) is 9.95. The van der Waals surface area contributed by atoms with Crippen LogP contribution in [-0.4, -0.2) is 54.7 Å². The van der Waals surface area contributed by atoms with E-state index in [0.29, 0.717) is 22.9 Å². The van der Waals surface area contributed by atoms with Crippen molar-refractivity contribution in [2.24, 2.45) is 0 Å². The summed E-state index contributed by atoms with van der Waals surface area (Å²) in [6, 6.07) is 22.8. The lowest BCUT2D eigenvalue weighted by molar-refractivity contribution is -0.142. The lowest BCUT2D eigenvalue weighted by Gasteiger charge is -2.31. The predicted octanol–water partition coefficient (Wildman–Crippen LogP) is 3.48. The van der Waals surface area contributed by atoms with Gasteiger partial charge in [-0.2, -0.15) is 0 Å². The van der Waals surface area contributed by atoms with Crippen LogP contribution < -0.4 is 14.8 Å². The minimum absolute atomic E-state index is 0.0881. The lowest BCUT2D eigenvalue weighted by Crippen LogP contribution is -2.52. The first kappa shape index (κ1) is 26.1. The molecule has 7 nitrogen and oxygen atoms in total. The number of nitrogens with one attached hydrogen (secondary N) is 1. The van der Waals surface area contributed by atoms with Gasteiger partial charge in [-0.3, -0.25) is 9.59 Å². The van der Waals surface area contributed by atoms with Crippen LogP contribution in [0.4, 0.5) is 0 Å². The highest BCUT2D eigenvalue weighted by molar-refractivity contribution is 6.32. The maximum atomic E-state index is 13.5. The third-order valence-corrected chi connectivity index (χ3v) is 5.69. The molecule has 0 saturated carbocycles. The number of hydrogen-bond acceptors (Lipinski definition) is 5. The average molecular weight is 497 g/mol. The first-order valence-corrected chi connectivity index (χ1v) is 11.6. The monoisotopic (exact) mass is 496 g/mol. The Morgan fingerprint density at radius 1 is 0.971 bits per heavy atom. The summed E-state index contributed by atoms with van der Waals surface area (Å²) in [5.41, 5.74) is 1.72. The highest BCUT2D eigenvalue weighted by Gasteiger charge is 2.30. The van der Waals surface area contributed by atoms with Gasteiger partial charge in [0, 0.05) is 19.5 Å². The summed E-state index contributed by atoms with van der Waals surface area (Å²) in [5.74, 6) is 0.342. The van der Waals surface area contributed by atoms with E-state index in [9.17, 15) is 14.7 Å². The molecular weight excluding hydrogens is 468 g/mol. The number of rotatable bonds is 12. The normalized spacial score (nSPS) is 11.4. The van der Waals surface area contributed by atoms with Gasteiger partial charge in [-0.15, -0.1) is 0 Å². The van der Waals surface area contributed by atoms with Crippen LogP contribution in [0.25, 0.3) is 0 Å². The van der Waals surface area contributed by atoms with E-state index in [0.717, 1.165) is 11.1 Å². The Hall–Kier alpha value is -3.55. The molecule has 3 aromatic carbocycles. The molecule has 184 valence electrons. The van der Waals surface area contributed by atoms with E-state index in [4.69, 9.17) is 21.1 Å². The minimum atomic E-state index is -0.826. The van der Waals surface area contributed by atoms with Gasteiger partial charge in [-0.25, -0.2) is 0 Å². The lowest BCUT2D eigenvalue weighted by atomic mass is 10.0. The van der Waals surface area contributed by atoms with E-state index >= 15 is 0 Å². The molecule has 3 rings (SSSR count). The van der Waals surface area contributed by atoms with Crippen molar-refractivity contribution in [2.45, 2.75) is 19.0 Å². The zero-order valence-corrected chi connectivity index (χ0v) is 20.3.